The van der Waals surface area contributed by atoms with Crippen LogP contribution in [-0.4, -0.2) is 9.55 Å². The number of anilines is 1. The van der Waals surface area contributed by atoms with Crippen LogP contribution in [0.4, 0.5) is 19.1 Å². The van der Waals surface area contributed by atoms with E-state index in [0.717, 1.165) is 18.9 Å². The molecule has 0 aliphatic heterocycles. The Balaban J connectivity index is 2.34. The highest BCUT2D eigenvalue weighted by molar-refractivity contribution is 5.83. The minimum absolute atomic E-state index is 0.0598. The molecular weight excluding hydrogens is 245 g/mol. The number of hydrazine groups is 1. The first kappa shape index (κ1) is 11.3. The third-order valence-electron chi connectivity index (χ3n) is 3.06. The predicted molar refractivity (Wildman–Crippen MR) is 60.8 cm³/mol. The Morgan fingerprint density at radius 3 is 2.61 bits per heavy atom. The number of fused-ring (bicyclic) bond motifs is 1. The van der Waals surface area contributed by atoms with Crippen LogP contribution in [0.2, 0.25) is 0 Å². The average Bonchev–Trinajstić information content (AvgIpc) is 3.07. The Kier molecular flexibility index (Phi) is 2.28. The van der Waals surface area contributed by atoms with Crippen LogP contribution < -0.4 is 11.3 Å². The second-order valence-corrected chi connectivity index (χ2v) is 4.35. The summed E-state index contributed by atoms with van der Waals surface area (Å²) >= 11 is 0. The van der Waals surface area contributed by atoms with Crippen LogP contribution in [0.25, 0.3) is 11.0 Å². The molecule has 3 N–H and O–H groups in total. The summed E-state index contributed by atoms with van der Waals surface area (Å²) in [5.74, 6) is 5.61. The molecule has 3 rings (SSSR count). The zero-order valence-corrected chi connectivity index (χ0v) is 9.33. The highest BCUT2D eigenvalue weighted by atomic mass is 19.4. The van der Waals surface area contributed by atoms with Crippen molar-refractivity contribution in [2.24, 2.45) is 5.84 Å². The largest absolute Gasteiger partial charge is 0.418 e. The van der Waals surface area contributed by atoms with E-state index in [-0.39, 0.29) is 17.5 Å². The molecule has 1 aromatic carbocycles. The van der Waals surface area contributed by atoms with Crippen LogP contribution in [0.15, 0.2) is 18.2 Å². The third kappa shape index (κ3) is 1.62. The number of nitrogen functional groups attached to an aromatic ring is 1. The molecule has 1 heterocycles. The molecule has 2 aromatic rings. The summed E-state index contributed by atoms with van der Waals surface area (Å²) in [5, 5.41) is 0. The highest BCUT2D eigenvalue weighted by Gasteiger charge is 2.37. The molecule has 7 heteroatoms. The third-order valence-corrected chi connectivity index (χ3v) is 3.06. The topological polar surface area (TPSA) is 55.9 Å². The maximum atomic E-state index is 13.0. The van der Waals surface area contributed by atoms with Gasteiger partial charge >= 0.3 is 6.18 Å². The smallest absolute Gasteiger partial charge is 0.306 e. The summed E-state index contributed by atoms with van der Waals surface area (Å²) in [6.07, 6.45) is -2.68. The normalized spacial score (nSPS) is 16.2. The van der Waals surface area contributed by atoms with E-state index in [2.05, 4.69) is 10.4 Å². The van der Waals surface area contributed by atoms with Gasteiger partial charge in [0.2, 0.25) is 5.95 Å². The van der Waals surface area contributed by atoms with Gasteiger partial charge in [0, 0.05) is 6.04 Å². The van der Waals surface area contributed by atoms with Gasteiger partial charge in [0.1, 0.15) is 0 Å². The van der Waals surface area contributed by atoms with E-state index >= 15 is 0 Å². The van der Waals surface area contributed by atoms with Crippen LogP contribution in [0.1, 0.15) is 24.4 Å². The molecule has 0 spiro atoms. The number of hydrogen-bond acceptors (Lipinski definition) is 3. The number of nitrogens with two attached hydrogens (primary N) is 1. The van der Waals surface area contributed by atoms with Crippen molar-refractivity contribution in [2.45, 2.75) is 25.1 Å². The van der Waals surface area contributed by atoms with Crippen molar-refractivity contribution in [1.82, 2.24) is 9.55 Å². The lowest BCUT2D eigenvalue weighted by Gasteiger charge is -2.12. The molecule has 1 aromatic heterocycles. The van der Waals surface area contributed by atoms with Crippen LogP contribution >= 0.6 is 0 Å². The number of imidazole rings is 1. The van der Waals surface area contributed by atoms with E-state index in [1.165, 1.54) is 6.07 Å². The van der Waals surface area contributed by atoms with Crippen LogP contribution in [0, 0.1) is 0 Å². The van der Waals surface area contributed by atoms with Gasteiger partial charge in [-0.25, -0.2) is 10.8 Å². The van der Waals surface area contributed by atoms with E-state index in [0.29, 0.717) is 5.52 Å². The maximum Gasteiger partial charge on any atom is 0.418 e. The predicted octanol–water partition coefficient (Wildman–Crippen LogP) is 2.68. The number of alkyl halides is 3. The molecule has 1 saturated carbocycles. The molecule has 0 unspecified atom stereocenters. The van der Waals surface area contributed by atoms with E-state index < -0.39 is 11.7 Å². The van der Waals surface area contributed by atoms with E-state index in [1.54, 1.807) is 10.6 Å². The first-order valence-electron chi connectivity index (χ1n) is 5.57. The molecule has 0 atom stereocenters. The monoisotopic (exact) mass is 256 g/mol. The van der Waals surface area contributed by atoms with Crippen molar-refractivity contribution < 1.29 is 13.2 Å². The minimum Gasteiger partial charge on any atom is -0.306 e. The summed E-state index contributed by atoms with van der Waals surface area (Å²) in [6, 6.07) is 4.05. The van der Waals surface area contributed by atoms with Gasteiger partial charge in [0.25, 0.3) is 0 Å². The number of para-hydroxylation sites is 1. The molecule has 96 valence electrons. The molecule has 0 saturated heterocycles. The molecular formula is C11H11F3N4. The lowest BCUT2D eigenvalue weighted by atomic mass is 10.1. The second-order valence-electron chi connectivity index (χ2n) is 4.35. The van der Waals surface area contributed by atoms with Gasteiger partial charge in [-0.05, 0) is 25.0 Å². The van der Waals surface area contributed by atoms with Crippen molar-refractivity contribution >= 4 is 17.0 Å². The van der Waals surface area contributed by atoms with Gasteiger partial charge in [-0.3, -0.25) is 5.43 Å². The Bertz CT molecular complexity index is 598. The minimum atomic E-state index is -4.39. The molecule has 4 nitrogen and oxygen atoms in total. The van der Waals surface area contributed by atoms with Crippen molar-refractivity contribution in [2.75, 3.05) is 5.43 Å². The highest BCUT2D eigenvalue weighted by Crippen LogP contribution is 2.43. The molecule has 1 aliphatic rings. The standard InChI is InChI=1S/C11H11F3N4/c12-11(13,14)7-2-1-3-8-9(7)18(6-4-5-6)10(16-8)17-15/h1-3,6H,4-5,15H2,(H,16,17). The fraction of sp³-hybridized carbons (Fsp3) is 0.364. The lowest BCUT2D eigenvalue weighted by molar-refractivity contribution is -0.136. The number of rotatable bonds is 2. The molecule has 1 fully saturated rings. The van der Waals surface area contributed by atoms with Crippen molar-refractivity contribution in [3.8, 4) is 0 Å². The first-order valence-corrected chi connectivity index (χ1v) is 5.57. The molecule has 0 radical (unpaired) electrons. The van der Waals surface area contributed by atoms with Crippen LogP contribution in [-0.2, 0) is 6.18 Å². The fourth-order valence-electron chi connectivity index (χ4n) is 2.17. The fourth-order valence-corrected chi connectivity index (χ4v) is 2.17. The Labute approximate surface area is 101 Å². The van der Waals surface area contributed by atoms with Crippen LogP contribution in [0.5, 0.6) is 0 Å². The summed E-state index contributed by atoms with van der Waals surface area (Å²) in [6.45, 7) is 0. The Morgan fingerprint density at radius 2 is 2.06 bits per heavy atom. The molecule has 1 aliphatic carbocycles. The molecule has 0 bridgehead atoms. The van der Waals surface area contributed by atoms with E-state index in [4.69, 9.17) is 5.84 Å². The number of halogens is 3. The van der Waals surface area contributed by atoms with Gasteiger partial charge in [0.15, 0.2) is 0 Å². The maximum absolute atomic E-state index is 13.0. The SMILES string of the molecule is NNc1nc2cccc(C(F)(F)F)c2n1C1CC1. The zero-order chi connectivity index (χ0) is 12.9. The molecule has 18 heavy (non-hydrogen) atoms. The van der Waals surface area contributed by atoms with Gasteiger partial charge in [-0.2, -0.15) is 13.2 Å². The van der Waals surface area contributed by atoms with Crippen LogP contribution in [0.3, 0.4) is 0 Å². The number of nitrogens with one attached hydrogen (secondary N) is 1. The quantitative estimate of drug-likeness (QED) is 0.641. The summed E-state index contributed by atoms with van der Waals surface area (Å²) in [7, 11) is 0. The summed E-state index contributed by atoms with van der Waals surface area (Å²) < 4.78 is 40.6. The van der Waals surface area contributed by atoms with Gasteiger partial charge in [-0.1, -0.05) is 6.07 Å². The summed E-state index contributed by atoms with van der Waals surface area (Å²) in [4.78, 5) is 4.09. The zero-order valence-electron chi connectivity index (χ0n) is 9.33. The van der Waals surface area contributed by atoms with Gasteiger partial charge in [-0.15, -0.1) is 0 Å². The lowest BCUT2D eigenvalue weighted by Crippen LogP contribution is -2.14. The number of nitrogens with zero attached hydrogens (tertiary/aromatic N) is 2. The van der Waals surface area contributed by atoms with E-state index in [1.807, 2.05) is 0 Å². The summed E-state index contributed by atoms with van der Waals surface area (Å²) in [5.41, 5.74) is 2.13. The van der Waals surface area contributed by atoms with Crippen molar-refractivity contribution in [3.05, 3.63) is 23.8 Å². The van der Waals surface area contributed by atoms with Crippen molar-refractivity contribution in [1.29, 1.82) is 0 Å². The molecule has 0 amide bonds. The second kappa shape index (κ2) is 3.61. The van der Waals surface area contributed by atoms with Gasteiger partial charge in [0.05, 0.1) is 16.6 Å². The number of hydrogen-bond donors (Lipinski definition) is 2. The Hall–Kier alpha value is -1.76. The number of aromatic nitrogens is 2. The van der Waals surface area contributed by atoms with E-state index in [9.17, 15) is 13.2 Å². The Morgan fingerprint density at radius 1 is 1.33 bits per heavy atom. The number of benzene rings is 1. The van der Waals surface area contributed by atoms with Crippen molar-refractivity contribution in [3.63, 3.8) is 0 Å². The van der Waals surface area contributed by atoms with Gasteiger partial charge < -0.3 is 4.57 Å². The first-order chi connectivity index (χ1) is 8.52. The average molecular weight is 256 g/mol.